The number of amides is 2. The largest absolute Gasteiger partial charge is 0.340 e. The molecule has 6 nitrogen and oxygen atoms in total. The standard InChI is InChI=1S/C19H23BrN4O2/c1-24-12-16(11-21-24)22-19(26)17(9-13-5-2-3-6-13)23-18(25)14-7-4-8-15(20)10-14/h4,7-8,10-13,17H,2-3,5-6,9H2,1H3,(H,22,26)(H,23,25)/t17-/m0/s1. The number of hydrogen-bond acceptors (Lipinski definition) is 3. The van der Waals surface area contributed by atoms with Gasteiger partial charge < -0.3 is 10.6 Å². The van der Waals surface area contributed by atoms with E-state index in [1.54, 1.807) is 42.3 Å². The van der Waals surface area contributed by atoms with Crippen LogP contribution in [0.2, 0.25) is 0 Å². The molecule has 1 aliphatic carbocycles. The molecule has 0 bridgehead atoms. The van der Waals surface area contributed by atoms with E-state index in [0.29, 0.717) is 23.6 Å². The fourth-order valence-corrected chi connectivity index (χ4v) is 3.80. The Morgan fingerprint density at radius 3 is 2.77 bits per heavy atom. The van der Waals surface area contributed by atoms with Gasteiger partial charge >= 0.3 is 0 Å². The fraction of sp³-hybridized carbons (Fsp3) is 0.421. The van der Waals surface area contributed by atoms with Gasteiger partial charge in [0.2, 0.25) is 5.91 Å². The van der Waals surface area contributed by atoms with E-state index in [1.165, 1.54) is 12.8 Å². The van der Waals surface area contributed by atoms with Gasteiger partial charge in [-0.1, -0.05) is 47.7 Å². The zero-order valence-electron chi connectivity index (χ0n) is 14.7. The number of rotatable bonds is 6. The highest BCUT2D eigenvalue weighted by Crippen LogP contribution is 2.29. The van der Waals surface area contributed by atoms with Crippen LogP contribution in [0.15, 0.2) is 41.1 Å². The lowest BCUT2D eigenvalue weighted by atomic mass is 9.97. The van der Waals surface area contributed by atoms with Crippen molar-refractivity contribution >= 4 is 33.4 Å². The van der Waals surface area contributed by atoms with Gasteiger partial charge in [0.25, 0.3) is 5.91 Å². The minimum atomic E-state index is -0.565. The molecular formula is C19H23BrN4O2. The van der Waals surface area contributed by atoms with Crippen LogP contribution in [0.25, 0.3) is 0 Å². The minimum Gasteiger partial charge on any atom is -0.340 e. The van der Waals surface area contributed by atoms with Gasteiger partial charge in [-0.05, 0) is 30.5 Å². The van der Waals surface area contributed by atoms with Crippen LogP contribution in [-0.4, -0.2) is 27.6 Å². The molecule has 1 saturated carbocycles. The molecule has 2 N–H and O–H groups in total. The molecule has 0 saturated heterocycles. The van der Waals surface area contributed by atoms with Crippen molar-refractivity contribution in [2.45, 2.75) is 38.1 Å². The van der Waals surface area contributed by atoms with Gasteiger partial charge in [0, 0.05) is 23.3 Å². The van der Waals surface area contributed by atoms with Crippen LogP contribution in [0.5, 0.6) is 0 Å². The van der Waals surface area contributed by atoms with Crippen molar-refractivity contribution in [3.05, 3.63) is 46.7 Å². The van der Waals surface area contributed by atoms with E-state index in [2.05, 4.69) is 31.7 Å². The van der Waals surface area contributed by atoms with E-state index in [4.69, 9.17) is 0 Å². The van der Waals surface area contributed by atoms with Crippen molar-refractivity contribution in [1.29, 1.82) is 0 Å². The highest BCUT2D eigenvalue weighted by molar-refractivity contribution is 9.10. The Balaban J connectivity index is 1.71. The number of aromatic nitrogens is 2. The molecular weight excluding hydrogens is 396 g/mol. The molecule has 26 heavy (non-hydrogen) atoms. The lowest BCUT2D eigenvalue weighted by Gasteiger charge is -2.21. The van der Waals surface area contributed by atoms with Crippen LogP contribution in [0, 0.1) is 5.92 Å². The third kappa shape index (κ3) is 4.94. The Labute approximate surface area is 161 Å². The van der Waals surface area contributed by atoms with Crippen LogP contribution in [0.3, 0.4) is 0 Å². The van der Waals surface area contributed by atoms with E-state index < -0.39 is 6.04 Å². The second-order valence-corrected chi connectivity index (χ2v) is 7.73. The summed E-state index contributed by atoms with van der Waals surface area (Å²) in [7, 11) is 1.79. The number of aryl methyl sites for hydroxylation is 1. The van der Waals surface area contributed by atoms with Crippen molar-refractivity contribution in [1.82, 2.24) is 15.1 Å². The first-order chi connectivity index (χ1) is 12.5. The summed E-state index contributed by atoms with van der Waals surface area (Å²) < 4.78 is 2.46. The van der Waals surface area contributed by atoms with Gasteiger partial charge in [0.05, 0.1) is 11.9 Å². The first kappa shape index (κ1) is 18.6. The summed E-state index contributed by atoms with van der Waals surface area (Å²) in [4.78, 5) is 25.4. The number of nitrogens with zero attached hydrogens (tertiary/aromatic N) is 2. The van der Waals surface area contributed by atoms with E-state index in [9.17, 15) is 9.59 Å². The summed E-state index contributed by atoms with van der Waals surface area (Å²) in [5.74, 6) is 0.0336. The molecule has 0 spiro atoms. The Hall–Kier alpha value is -2.15. The molecule has 1 aromatic carbocycles. The summed E-state index contributed by atoms with van der Waals surface area (Å²) >= 11 is 3.37. The topological polar surface area (TPSA) is 76.0 Å². The predicted octanol–water partition coefficient (Wildman–Crippen LogP) is 3.50. The second kappa shape index (κ2) is 8.49. The molecule has 2 amide bonds. The monoisotopic (exact) mass is 418 g/mol. The molecule has 1 aliphatic rings. The third-order valence-electron chi connectivity index (χ3n) is 4.72. The number of nitrogens with one attached hydrogen (secondary N) is 2. The third-order valence-corrected chi connectivity index (χ3v) is 5.22. The van der Waals surface area contributed by atoms with Crippen molar-refractivity contribution in [2.75, 3.05) is 5.32 Å². The average molecular weight is 419 g/mol. The van der Waals surface area contributed by atoms with Gasteiger partial charge in [-0.3, -0.25) is 14.3 Å². The molecule has 0 unspecified atom stereocenters. The number of carbonyl (C=O) groups excluding carboxylic acids is 2. The molecule has 1 aromatic heterocycles. The molecule has 7 heteroatoms. The Morgan fingerprint density at radius 1 is 1.35 bits per heavy atom. The maximum absolute atomic E-state index is 12.8. The minimum absolute atomic E-state index is 0.201. The van der Waals surface area contributed by atoms with Crippen LogP contribution in [0.1, 0.15) is 42.5 Å². The highest BCUT2D eigenvalue weighted by Gasteiger charge is 2.27. The van der Waals surface area contributed by atoms with Gasteiger partial charge in [0.15, 0.2) is 0 Å². The van der Waals surface area contributed by atoms with E-state index >= 15 is 0 Å². The highest BCUT2D eigenvalue weighted by atomic mass is 79.9. The van der Waals surface area contributed by atoms with Gasteiger partial charge in [-0.2, -0.15) is 5.10 Å². The van der Waals surface area contributed by atoms with Crippen LogP contribution >= 0.6 is 15.9 Å². The number of benzene rings is 1. The fourth-order valence-electron chi connectivity index (χ4n) is 3.40. The SMILES string of the molecule is Cn1cc(NC(=O)[C@H](CC2CCCC2)NC(=O)c2cccc(Br)c2)cn1. The summed E-state index contributed by atoms with van der Waals surface area (Å²) in [6.45, 7) is 0. The van der Waals surface area contributed by atoms with Crippen molar-refractivity contribution in [2.24, 2.45) is 13.0 Å². The molecule has 0 radical (unpaired) electrons. The van der Waals surface area contributed by atoms with E-state index in [-0.39, 0.29) is 11.8 Å². The van der Waals surface area contributed by atoms with Crippen molar-refractivity contribution in [3.63, 3.8) is 0 Å². The van der Waals surface area contributed by atoms with Crippen LogP contribution in [-0.2, 0) is 11.8 Å². The lowest BCUT2D eigenvalue weighted by Crippen LogP contribution is -2.44. The Bertz CT molecular complexity index is 783. The summed E-state index contributed by atoms with van der Waals surface area (Å²) in [5.41, 5.74) is 1.16. The zero-order valence-corrected chi connectivity index (χ0v) is 16.3. The molecule has 1 heterocycles. The Morgan fingerprint density at radius 2 is 2.12 bits per heavy atom. The molecule has 1 fully saturated rings. The molecule has 3 rings (SSSR count). The number of anilines is 1. The maximum Gasteiger partial charge on any atom is 0.251 e. The van der Waals surface area contributed by atoms with Gasteiger partial charge in [-0.25, -0.2) is 0 Å². The van der Waals surface area contributed by atoms with E-state index in [0.717, 1.165) is 17.3 Å². The number of carbonyl (C=O) groups is 2. The number of halogens is 1. The first-order valence-electron chi connectivity index (χ1n) is 8.87. The summed E-state index contributed by atoms with van der Waals surface area (Å²) in [5, 5.41) is 9.83. The van der Waals surface area contributed by atoms with E-state index in [1.807, 2.05) is 6.07 Å². The summed E-state index contributed by atoms with van der Waals surface area (Å²) in [6, 6.07) is 6.60. The Kier molecular flexibility index (Phi) is 6.08. The predicted molar refractivity (Wildman–Crippen MR) is 104 cm³/mol. The molecule has 0 aliphatic heterocycles. The maximum atomic E-state index is 12.8. The number of hydrogen-bond donors (Lipinski definition) is 2. The van der Waals surface area contributed by atoms with Crippen LogP contribution in [0.4, 0.5) is 5.69 Å². The average Bonchev–Trinajstić information content (AvgIpc) is 3.26. The van der Waals surface area contributed by atoms with Crippen molar-refractivity contribution < 1.29 is 9.59 Å². The second-order valence-electron chi connectivity index (χ2n) is 6.81. The molecule has 138 valence electrons. The lowest BCUT2D eigenvalue weighted by molar-refractivity contribution is -0.118. The van der Waals surface area contributed by atoms with Crippen molar-refractivity contribution in [3.8, 4) is 0 Å². The smallest absolute Gasteiger partial charge is 0.251 e. The van der Waals surface area contributed by atoms with Gasteiger partial charge in [-0.15, -0.1) is 0 Å². The zero-order chi connectivity index (χ0) is 18.5. The van der Waals surface area contributed by atoms with Gasteiger partial charge in [0.1, 0.15) is 6.04 Å². The first-order valence-corrected chi connectivity index (χ1v) is 9.66. The molecule has 2 aromatic rings. The quantitative estimate of drug-likeness (QED) is 0.753. The van der Waals surface area contributed by atoms with Crippen LogP contribution < -0.4 is 10.6 Å². The normalized spacial score (nSPS) is 15.6. The summed E-state index contributed by atoms with van der Waals surface area (Å²) in [6.07, 6.45) is 8.61. The molecule has 1 atom stereocenters.